The van der Waals surface area contributed by atoms with Gasteiger partial charge in [-0.1, -0.05) is 25.4 Å². The van der Waals surface area contributed by atoms with E-state index in [0.717, 1.165) is 6.42 Å². The Morgan fingerprint density at radius 2 is 2.19 bits per heavy atom. The highest BCUT2D eigenvalue weighted by molar-refractivity contribution is 6.31. The average Bonchev–Trinajstić information content (AvgIpc) is 2.21. The molecule has 0 spiro atoms. The van der Waals surface area contributed by atoms with Gasteiger partial charge in [0, 0.05) is 12.1 Å². The Hall–Kier alpha value is -1.09. The third kappa shape index (κ3) is 3.81. The number of hydrogen-bond donors (Lipinski definition) is 1. The van der Waals surface area contributed by atoms with Crippen molar-refractivity contribution >= 4 is 17.5 Å². The molecule has 0 heterocycles. The maximum atomic E-state index is 12.9. The number of amides is 1. The summed E-state index contributed by atoms with van der Waals surface area (Å²) < 4.78 is 12.9. The van der Waals surface area contributed by atoms with Crippen LogP contribution in [-0.4, -0.2) is 12.5 Å². The summed E-state index contributed by atoms with van der Waals surface area (Å²) in [5, 5.41) is 2.73. The number of halogens is 2. The molecule has 4 heteroatoms. The number of carbonyl (C=O) groups is 1. The normalized spacial score (nSPS) is 10.6. The fourth-order valence-electron chi connectivity index (χ4n) is 1.21. The first-order valence-electron chi connectivity index (χ1n) is 5.24. The summed E-state index contributed by atoms with van der Waals surface area (Å²) in [7, 11) is 0. The lowest BCUT2D eigenvalue weighted by atomic mass is 10.1. The number of nitrogens with one attached hydrogen (secondary N) is 1. The van der Waals surface area contributed by atoms with Crippen LogP contribution in [0.4, 0.5) is 4.39 Å². The molecule has 2 nitrogen and oxygen atoms in total. The van der Waals surface area contributed by atoms with Crippen molar-refractivity contribution in [1.29, 1.82) is 0 Å². The lowest BCUT2D eigenvalue weighted by molar-refractivity contribution is 0.0952. The highest BCUT2D eigenvalue weighted by atomic mass is 35.5. The van der Waals surface area contributed by atoms with E-state index in [1.54, 1.807) is 0 Å². The van der Waals surface area contributed by atoms with Gasteiger partial charge in [-0.25, -0.2) is 4.39 Å². The van der Waals surface area contributed by atoms with Gasteiger partial charge in [-0.05, 0) is 30.5 Å². The van der Waals surface area contributed by atoms with Crippen LogP contribution < -0.4 is 5.32 Å². The Morgan fingerprint density at radius 3 is 2.75 bits per heavy atom. The van der Waals surface area contributed by atoms with Gasteiger partial charge in [0.2, 0.25) is 0 Å². The van der Waals surface area contributed by atoms with Crippen LogP contribution in [0.15, 0.2) is 18.2 Å². The van der Waals surface area contributed by atoms with Crippen molar-refractivity contribution in [3.05, 3.63) is 34.6 Å². The summed E-state index contributed by atoms with van der Waals surface area (Å²) in [6, 6.07) is 3.95. The molecule has 0 aliphatic carbocycles. The van der Waals surface area contributed by atoms with Gasteiger partial charge in [0.15, 0.2) is 0 Å². The molecule has 0 aliphatic heterocycles. The van der Waals surface area contributed by atoms with Crippen molar-refractivity contribution in [3.63, 3.8) is 0 Å². The number of benzene rings is 1. The molecule has 1 aromatic rings. The summed E-state index contributed by atoms with van der Waals surface area (Å²) in [6.07, 6.45) is 0.917. The van der Waals surface area contributed by atoms with E-state index in [-0.39, 0.29) is 10.9 Å². The number of rotatable bonds is 4. The van der Waals surface area contributed by atoms with Gasteiger partial charge >= 0.3 is 0 Å². The van der Waals surface area contributed by atoms with E-state index in [1.165, 1.54) is 18.2 Å². The number of carbonyl (C=O) groups excluding carboxylic acids is 1. The molecule has 1 N–H and O–H groups in total. The fourth-order valence-corrected chi connectivity index (χ4v) is 1.39. The lowest BCUT2D eigenvalue weighted by Gasteiger charge is -2.07. The van der Waals surface area contributed by atoms with Crippen LogP contribution in [0.1, 0.15) is 30.6 Å². The Labute approximate surface area is 99.8 Å². The zero-order valence-corrected chi connectivity index (χ0v) is 10.1. The first-order valence-corrected chi connectivity index (χ1v) is 5.61. The second-order valence-corrected chi connectivity index (χ2v) is 4.47. The second kappa shape index (κ2) is 5.85. The van der Waals surface area contributed by atoms with Crippen molar-refractivity contribution in [2.24, 2.45) is 5.92 Å². The van der Waals surface area contributed by atoms with Crippen LogP contribution in [0.2, 0.25) is 5.02 Å². The monoisotopic (exact) mass is 243 g/mol. The van der Waals surface area contributed by atoms with Gasteiger partial charge in [-0.15, -0.1) is 0 Å². The Balaban J connectivity index is 2.56. The highest BCUT2D eigenvalue weighted by Crippen LogP contribution is 2.15. The van der Waals surface area contributed by atoms with E-state index in [4.69, 9.17) is 11.6 Å². The van der Waals surface area contributed by atoms with E-state index in [1.807, 2.05) is 0 Å². The fraction of sp³-hybridized carbons (Fsp3) is 0.417. The minimum Gasteiger partial charge on any atom is -0.352 e. The van der Waals surface area contributed by atoms with Gasteiger partial charge in [0.1, 0.15) is 5.82 Å². The molecule has 0 fully saturated rings. The maximum Gasteiger partial charge on any atom is 0.251 e. The third-order valence-corrected chi connectivity index (χ3v) is 2.48. The van der Waals surface area contributed by atoms with E-state index >= 15 is 0 Å². The molecule has 0 saturated carbocycles. The standard InChI is InChI=1S/C12H15ClFNO/c1-8(2)5-6-15-12(16)9-3-4-11(14)10(13)7-9/h3-4,7-8H,5-6H2,1-2H3,(H,15,16). The predicted molar refractivity (Wildman–Crippen MR) is 63.2 cm³/mol. The van der Waals surface area contributed by atoms with Gasteiger partial charge in [0.05, 0.1) is 5.02 Å². The van der Waals surface area contributed by atoms with Gasteiger partial charge in [0.25, 0.3) is 5.91 Å². The average molecular weight is 244 g/mol. The molecule has 0 aromatic heterocycles. The molecule has 1 amide bonds. The Bertz CT molecular complexity index is 379. The van der Waals surface area contributed by atoms with Crippen LogP contribution in [0.3, 0.4) is 0 Å². The van der Waals surface area contributed by atoms with Crippen molar-refractivity contribution in [2.75, 3.05) is 6.54 Å². The molecule has 0 bridgehead atoms. The first-order chi connectivity index (χ1) is 7.50. The molecule has 1 aromatic carbocycles. The molecule has 0 unspecified atom stereocenters. The molecule has 16 heavy (non-hydrogen) atoms. The smallest absolute Gasteiger partial charge is 0.251 e. The van der Waals surface area contributed by atoms with Crippen molar-refractivity contribution in [1.82, 2.24) is 5.32 Å². The second-order valence-electron chi connectivity index (χ2n) is 4.07. The predicted octanol–water partition coefficient (Wildman–Crippen LogP) is 3.26. The van der Waals surface area contributed by atoms with Crippen molar-refractivity contribution < 1.29 is 9.18 Å². The van der Waals surface area contributed by atoms with Crippen LogP contribution in [0, 0.1) is 11.7 Å². The zero-order valence-electron chi connectivity index (χ0n) is 9.39. The van der Waals surface area contributed by atoms with Crippen molar-refractivity contribution in [3.8, 4) is 0 Å². The largest absolute Gasteiger partial charge is 0.352 e. The van der Waals surface area contributed by atoms with Gasteiger partial charge in [-0.2, -0.15) is 0 Å². The SMILES string of the molecule is CC(C)CCNC(=O)c1ccc(F)c(Cl)c1. The van der Waals surface area contributed by atoms with Crippen LogP contribution in [0.5, 0.6) is 0 Å². The topological polar surface area (TPSA) is 29.1 Å². The van der Waals surface area contributed by atoms with Gasteiger partial charge < -0.3 is 5.32 Å². The molecule has 0 atom stereocenters. The Kier molecular flexibility index (Phi) is 4.74. The lowest BCUT2D eigenvalue weighted by Crippen LogP contribution is -2.25. The summed E-state index contributed by atoms with van der Waals surface area (Å²) >= 11 is 5.59. The van der Waals surface area contributed by atoms with Crippen LogP contribution in [-0.2, 0) is 0 Å². The minimum atomic E-state index is -0.514. The highest BCUT2D eigenvalue weighted by Gasteiger charge is 2.08. The molecular weight excluding hydrogens is 229 g/mol. The summed E-state index contributed by atoms with van der Waals surface area (Å²) in [6.45, 7) is 4.79. The first kappa shape index (κ1) is 13.0. The van der Waals surface area contributed by atoms with Crippen LogP contribution >= 0.6 is 11.6 Å². The Morgan fingerprint density at radius 1 is 1.50 bits per heavy atom. The van der Waals surface area contributed by atoms with E-state index in [0.29, 0.717) is 18.0 Å². The molecule has 0 aliphatic rings. The molecule has 0 saturated heterocycles. The molecule has 0 radical (unpaired) electrons. The minimum absolute atomic E-state index is 0.0310. The third-order valence-electron chi connectivity index (χ3n) is 2.19. The summed E-state index contributed by atoms with van der Waals surface area (Å²) in [5.74, 6) is -0.194. The van der Waals surface area contributed by atoms with Crippen molar-refractivity contribution in [2.45, 2.75) is 20.3 Å². The number of hydrogen-bond acceptors (Lipinski definition) is 1. The van der Waals surface area contributed by atoms with E-state index < -0.39 is 5.82 Å². The summed E-state index contributed by atoms with van der Waals surface area (Å²) in [5.41, 5.74) is 0.384. The molecule has 88 valence electrons. The maximum absolute atomic E-state index is 12.9. The molecular formula is C12H15ClFNO. The molecule has 1 rings (SSSR count). The van der Waals surface area contributed by atoms with Crippen LogP contribution in [0.25, 0.3) is 0 Å². The van der Waals surface area contributed by atoms with E-state index in [2.05, 4.69) is 19.2 Å². The summed E-state index contributed by atoms with van der Waals surface area (Å²) in [4.78, 5) is 11.6. The van der Waals surface area contributed by atoms with Gasteiger partial charge in [-0.3, -0.25) is 4.79 Å². The van der Waals surface area contributed by atoms with E-state index in [9.17, 15) is 9.18 Å². The quantitative estimate of drug-likeness (QED) is 0.864. The zero-order chi connectivity index (χ0) is 12.1.